The second-order valence-electron chi connectivity index (χ2n) is 5.59. The van der Waals surface area contributed by atoms with E-state index in [9.17, 15) is 22.8 Å². The van der Waals surface area contributed by atoms with Crippen LogP contribution in [0.4, 0.5) is 18.0 Å². The Balaban J connectivity index is 2.90. The van der Waals surface area contributed by atoms with E-state index in [0.29, 0.717) is 12.1 Å². The van der Waals surface area contributed by atoms with Crippen molar-refractivity contribution in [3.8, 4) is 0 Å². The Bertz CT molecular complexity index is 561. The fraction of sp³-hybridized carbons (Fsp3) is 0.429. The zero-order chi connectivity index (χ0) is 17.1. The maximum absolute atomic E-state index is 13.5. The Morgan fingerprint density at radius 1 is 1.23 bits per heavy atom. The van der Waals surface area contributed by atoms with Gasteiger partial charge in [-0.15, -0.1) is 0 Å². The number of carboxylic acids is 1. The average Bonchev–Trinajstić information content (AvgIpc) is 2.29. The Morgan fingerprint density at radius 2 is 1.73 bits per heavy atom. The molecule has 0 aromatic heterocycles. The molecular formula is C14H16F3NO4. The first-order valence-corrected chi connectivity index (χ1v) is 6.35. The van der Waals surface area contributed by atoms with Gasteiger partial charge in [-0.1, -0.05) is 0 Å². The van der Waals surface area contributed by atoms with Gasteiger partial charge in [0.25, 0.3) is 0 Å². The lowest BCUT2D eigenvalue weighted by Crippen LogP contribution is -2.45. The van der Waals surface area contributed by atoms with E-state index in [2.05, 4.69) is 0 Å². The van der Waals surface area contributed by atoms with Crippen molar-refractivity contribution in [1.29, 1.82) is 0 Å². The summed E-state index contributed by atoms with van der Waals surface area (Å²) in [6.45, 7) is 4.71. The molecule has 0 aliphatic rings. The van der Waals surface area contributed by atoms with Gasteiger partial charge in [0.15, 0.2) is 0 Å². The molecule has 1 atom stereocenters. The Kier molecular flexibility index (Phi) is 5.40. The third-order valence-corrected chi connectivity index (χ3v) is 2.50. The van der Waals surface area contributed by atoms with Crippen LogP contribution in [0, 0.1) is 17.5 Å². The molecule has 5 nitrogen and oxygen atoms in total. The Labute approximate surface area is 125 Å². The molecule has 0 saturated heterocycles. The molecule has 22 heavy (non-hydrogen) atoms. The monoisotopic (exact) mass is 319 g/mol. The number of aliphatic carboxylic acids is 1. The number of hydrogen-bond acceptors (Lipinski definition) is 3. The number of nitrogens with one attached hydrogen (secondary N) is 1. The molecule has 1 rings (SSSR count). The molecule has 0 spiro atoms. The smallest absolute Gasteiger partial charge is 0.408 e. The van der Waals surface area contributed by atoms with E-state index in [4.69, 9.17) is 9.84 Å². The van der Waals surface area contributed by atoms with Gasteiger partial charge in [-0.3, -0.25) is 0 Å². The summed E-state index contributed by atoms with van der Waals surface area (Å²) in [6.07, 6.45) is -1.73. The van der Waals surface area contributed by atoms with E-state index in [0.717, 1.165) is 0 Å². The lowest BCUT2D eigenvalue weighted by atomic mass is 10.0. The number of alkyl carbamates (subject to hydrolysis) is 1. The summed E-state index contributed by atoms with van der Waals surface area (Å²) in [5.74, 6) is -5.08. The van der Waals surface area contributed by atoms with Crippen molar-refractivity contribution in [2.24, 2.45) is 0 Å². The molecule has 122 valence electrons. The van der Waals surface area contributed by atoms with Crippen LogP contribution in [0.5, 0.6) is 0 Å². The number of halogens is 3. The molecule has 0 heterocycles. The standard InChI is InChI=1S/C14H16F3NO4/c1-14(2,3)22-13(21)18-11(12(19)20)6-8-9(16)4-7(15)5-10(8)17/h4-5,11H,6H2,1-3H3,(H,18,21)(H,19,20)/t11-/m1/s1. The minimum atomic E-state index is -1.62. The number of rotatable bonds is 4. The van der Waals surface area contributed by atoms with Gasteiger partial charge in [-0.2, -0.15) is 0 Å². The van der Waals surface area contributed by atoms with Crippen molar-refractivity contribution in [3.63, 3.8) is 0 Å². The molecule has 8 heteroatoms. The van der Waals surface area contributed by atoms with Gasteiger partial charge in [0.2, 0.25) is 0 Å². The minimum Gasteiger partial charge on any atom is -0.480 e. The van der Waals surface area contributed by atoms with Crippen LogP contribution in [0.15, 0.2) is 12.1 Å². The first-order chi connectivity index (χ1) is 9.99. The normalized spacial score (nSPS) is 12.6. The highest BCUT2D eigenvalue weighted by molar-refractivity contribution is 5.80. The van der Waals surface area contributed by atoms with E-state index in [1.54, 1.807) is 20.8 Å². The van der Waals surface area contributed by atoms with E-state index >= 15 is 0 Å². The van der Waals surface area contributed by atoms with Crippen LogP contribution in [0.1, 0.15) is 26.3 Å². The largest absolute Gasteiger partial charge is 0.480 e. The van der Waals surface area contributed by atoms with Crippen molar-refractivity contribution in [3.05, 3.63) is 35.1 Å². The maximum Gasteiger partial charge on any atom is 0.408 e. The highest BCUT2D eigenvalue weighted by Crippen LogP contribution is 2.17. The fourth-order valence-corrected chi connectivity index (χ4v) is 1.62. The number of carbonyl (C=O) groups is 2. The molecule has 1 aromatic rings. The molecule has 1 amide bonds. The first-order valence-electron chi connectivity index (χ1n) is 6.35. The van der Waals surface area contributed by atoms with Crippen molar-refractivity contribution < 1.29 is 32.6 Å². The Hall–Kier alpha value is -2.25. The zero-order valence-electron chi connectivity index (χ0n) is 12.2. The molecule has 0 fully saturated rings. The summed E-state index contributed by atoms with van der Waals surface area (Å²) >= 11 is 0. The fourth-order valence-electron chi connectivity index (χ4n) is 1.62. The van der Waals surface area contributed by atoms with Crippen LogP contribution < -0.4 is 5.32 Å². The predicted octanol–water partition coefficient (Wildman–Crippen LogP) is 2.62. The highest BCUT2D eigenvalue weighted by Gasteiger charge is 2.26. The van der Waals surface area contributed by atoms with Crippen LogP contribution in [0.3, 0.4) is 0 Å². The summed E-state index contributed by atoms with van der Waals surface area (Å²) in [5, 5.41) is 11.0. The third-order valence-electron chi connectivity index (χ3n) is 2.50. The van der Waals surface area contributed by atoms with Crippen molar-refractivity contribution in [1.82, 2.24) is 5.32 Å². The van der Waals surface area contributed by atoms with Crippen LogP contribution in [0.25, 0.3) is 0 Å². The van der Waals surface area contributed by atoms with Crippen LogP contribution in [0.2, 0.25) is 0 Å². The number of carboxylic acid groups (broad SMARTS) is 1. The van der Waals surface area contributed by atoms with Gasteiger partial charge in [-0.05, 0) is 20.8 Å². The van der Waals surface area contributed by atoms with Gasteiger partial charge in [-0.25, -0.2) is 22.8 Å². The second-order valence-corrected chi connectivity index (χ2v) is 5.59. The summed E-state index contributed by atoms with van der Waals surface area (Å²) in [5.41, 5.74) is -1.50. The SMILES string of the molecule is CC(C)(C)OC(=O)N[C@H](Cc1c(F)cc(F)cc1F)C(=O)O. The minimum absolute atomic E-state index is 0.435. The summed E-state index contributed by atoms with van der Waals surface area (Å²) < 4.78 is 44.7. The van der Waals surface area contributed by atoms with Crippen molar-refractivity contribution >= 4 is 12.1 Å². The molecule has 2 N–H and O–H groups in total. The summed E-state index contributed by atoms with van der Waals surface area (Å²) in [6, 6.07) is -0.750. The van der Waals surface area contributed by atoms with Gasteiger partial charge < -0.3 is 15.2 Å². The number of ether oxygens (including phenoxy) is 1. The van der Waals surface area contributed by atoms with Gasteiger partial charge >= 0.3 is 12.1 Å². The predicted molar refractivity (Wildman–Crippen MR) is 70.8 cm³/mol. The van der Waals surface area contributed by atoms with Crippen LogP contribution >= 0.6 is 0 Å². The van der Waals surface area contributed by atoms with Gasteiger partial charge in [0.1, 0.15) is 29.1 Å². The number of amides is 1. The van der Waals surface area contributed by atoms with Crippen LogP contribution in [-0.4, -0.2) is 28.8 Å². The lowest BCUT2D eigenvalue weighted by molar-refractivity contribution is -0.139. The molecule has 0 radical (unpaired) electrons. The molecule has 0 bridgehead atoms. The van der Waals surface area contributed by atoms with Gasteiger partial charge in [0.05, 0.1) is 0 Å². The van der Waals surface area contributed by atoms with Crippen molar-refractivity contribution in [2.75, 3.05) is 0 Å². The zero-order valence-corrected chi connectivity index (χ0v) is 12.2. The quantitative estimate of drug-likeness (QED) is 0.894. The molecule has 0 aliphatic carbocycles. The van der Waals surface area contributed by atoms with E-state index < -0.39 is 53.1 Å². The maximum atomic E-state index is 13.5. The van der Waals surface area contributed by atoms with Crippen molar-refractivity contribution in [2.45, 2.75) is 38.8 Å². The third kappa shape index (κ3) is 5.27. The number of benzene rings is 1. The molecule has 0 aliphatic heterocycles. The van der Waals surface area contributed by atoms with E-state index in [-0.39, 0.29) is 0 Å². The lowest BCUT2D eigenvalue weighted by Gasteiger charge is -2.22. The van der Waals surface area contributed by atoms with Gasteiger partial charge in [0, 0.05) is 24.1 Å². The first kappa shape index (κ1) is 17.8. The molecule has 0 saturated carbocycles. The highest BCUT2D eigenvalue weighted by atomic mass is 19.1. The van der Waals surface area contributed by atoms with E-state index in [1.807, 2.05) is 5.32 Å². The second kappa shape index (κ2) is 6.67. The summed E-state index contributed by atoms with van der Waals surface area (Å²) in [7, 11) is 0. The number of carbonyl (C=O) groups excluding carboxylic acids is 1. The molecule has 1 aromatic carbocycles. The number of hydrogen-bond donors (Lipinski definition) is 2. The van der Waals surface area contributed by atoms with E-state index in [1.165, 1.54) is 0 Å². The Morgan fingerprint density at radius 3 is 2.14 bits per heavy atom. The molecule has 0 unspecified atom stereocenters. The van der Waals surface area contributed by atoms with Crippen LogP contribution in [-0.2, 0) is 16.0 Å². The molecular weight excluding hydrogens is 303 g/mol. The topological polar surface area (TPSA) is 75.6 Å². The average molecular weight is 319 g/mol. The summed E-state index contributed by atoms with van der Waals surface area (Å²) in [4.78, 5) is 22.6.